The molecule has 0 atom stereocenters. The van der Waals surface area contributed by atoms with Crippen molar-refractivity contribution in [3.63, 3.8) is 0 Å². The van der Waals surface area contributed by atoms with Crippen molar-refractivity contribution in [2.45, 2.75) is 6.92 Å². The van der Waals surface area contributed by atoms with Gasteiger partial charge in [0.05, 0.1) is 0 Å². The second-order valence-corrected chi connectivity index (χ2v) is 5.47. The zero-order chi connectivity index (χ0) is 16.9. The average Bonchev–Trinajstić information content (AvgIpc) is 3.03. The molecule has 0 saturated carbocycles. The molecule has 0 spiro atoms. The van der Waals surface area contributed by atoms with Crippen LogP contribution in [0.25, 0.3) is 11.5 Å². The summed E-state index contributed by atoms with van der Waals surface area (Å²) in [5.41, 5.74) is 1.67. The van der Waals surface area contributed by atoms with E-state index in [0.29, 0.717) is 22.2 Å². The Hall–Kier alpha value is -2.86. The number of anilines is 1. The highest BCUT2D eigenvalue weighted by molar-refractivity contribution is 6.30. The minimum Gasteiger partial charge on any atom is -0.483 e. The predicted octanol–water partition coefficient (Wildman–Crippen LogP) is 3.72. The lowest BCUT2D eigenvalue weighted by Crippen LogP contribution is -2.21. The number of rotatable bonds is 5. The van der Waals surface area contributed by atoms with Gasteiger partial charge in [0, 0.05) is 10.6 Å². The van der Waals surface area contributed by atoms with Gasteiger partial charge in [-0.25, -0.2) is 0 Å². The molecule has 0 saturated heterocycles. The SMILES string of the molecule is Cc1ccccc1OCC(=O)Nc1noc(-c2ccc(Cl)cc2)n1. The number of amides is 1. The third kappa shape index (κ3) is 3.91. The summed E-state index contributed by atoms with van der Waals surface area (Å²) in [6, 6.07) is 14.4. The molecule has 122 valence electrons. The van der Waals surface area contributed by atoms with Crippen LogP contribution in [0.3, 0.4) is 0 Å². The number of carbonyl (C=O) groups is 1. The number of carbonyl (C=O) groups excluding carboxylic acids is 1. The van der Waals surface area contributed by atoms with Crippen LogP contribution in [0.5, 0.6) is 5.75 Å². The first-order chi connectivity index (χ1) is 11.6. The first-order valence-electron chi connectivity index (χ1n) is 7.20. The fourth-order valence-corrected chi connectivity index (χ4v) is 2.13. The summed E-state index contributed by atoms with van der Waals surface area (Å²) in [4.78, 5) is 16.0. The topological polar surface area (TPSA) is 77.2 Å². The summed E-state index contributed by atoms with van der Waals surface area (Å²) in [5.74, 6) is 0.657. The molecule has 7 heteroatoms. The smallest absolute Gasteiger partial charge is 0.270 e. The van der Waals surface area contributed by atoms with Crippen LogP contribution in [0.1, 0.15) is 5.56 Å². The van der Waals surface area contributed by atoms with Crippen LogP contribution >= 0.6 is 11.6 Å². The van der Waals surface area contributed by atoms with E-state index >= 15 is 0 Å². The van der Waals surface area contributed by atoms with Crippen LogP contribution < -0.4 is 10.1 Å². The van der Waals surface area contributed by atoms with Crippen molar-refractivity contribution in [1.29, 1.82) is 0 Å². The predicted molar refractivity (Wildman–Crippen MR) is 90.0 cm³/mol. The number of benzene rings is 2. The number of aryl methyl sites for hydroxylation is 1. The Balaban J connectivity index is 1.59. The van der Waals surface area contributed by atoms with E-state index in [1.807, 2.05) is 25.1 Å². The van der Waals surface area contributed by atoms with Gasteiger partial charge in [0.15, 0.2) is 6.61 Å². The summed E-state index contributed by atoms with van der Waals surface area (Å²) < 4.78 is 10.6. The lowest BCUT2D eigenvalue weighted by Gasteiger charge is -2.07. The van der Waals surface area contributed by atoms with Gasteiger partial charge in [-0.2, -0.15) is 4.98 Å². The molecular weight excluding hydrogens is 330 g/mol. The second-order valence-electron chi connectivity index (χ2n) is 5.03. The quantitative estimate of drug-likeness (QED) is 0.764. The average molecular weight is 344 g/mol. The first-order valence-corrected chi connectivity index (χ1v) is 7.57. The molecule has 1 amide bonds. The zero-order valence-corrected chi connectivity index (χ0v) is 13.6. The Morgan fingerprint density at radius 1 is 1.21 bits per heavy atom. The monoisotopic (exact) mass is 343 g/mol. The molecule has 24 heavy (non-hydrogen) atoms. The van der Waals surface area contributed by atoms with E-state index in [1.54, 1.807) is 30.3 Å². The van der Waals surface area contributed by atoms with E-state index in [-0.39, 0.29) is 18.5 Å². The minimum atomic E-state index is -0.373. The molecule has 6 nitrogen and oxygen atoms in total. The number of para-hydroxylation sites is 1. The van der Waals surface area contributed by atoms with Crippen molar-refractivity contribution in [1.82, 2.24) is 10.1 Å². The van der Waals surface area contributed by atoms with Gasteiger partial charge in [-0.3, -0.25) is 10.1 Å². The normalized spacial score (nSPS) is 10.4. The fourth-order valence-electron chi connectivity index (χ4n) is 2.01. The molecule has 3 aromatic rings. The molecule has 1 aromatic heterocycles. The van der Waals surface area contributed by atoms with E-state index in [4.69, 9.17) is 20.9 Å². The van der Waals surface area contributed by atoms with Gasteiger partial charge in [0.25, 0.3) is 17.7 Å². The third-order valence-electron chi connectivity index (χ3n) is 3.22. The molecule has 1 heterocycles. The van der Waals surface area contributed by atoms with Crippen LogP contribution in [0.2, 0.25) is 5.02 Å². The van der Waals surface area contributed by atoms with E-state index in [9.17, 15) is 4.79 Å². The Bertz CT molecular complexity index is 846. The minimum absolute atomic E-state index is 0.0818. The molecule has 3 rings (SSSR count). The lowest BCUT2D eigenvalue weighted by atomic mass is 10.2. The number of nitrogens with one attached hydrogen (secondary N) is 1. The van der Waals surface area contributed by atoms with Crippen LogP contribution in [0.15, 0.2) is 53.1 Å². The third-order valence-corrected chi connectivity index (χ3v) is 3.47. The van der Waals surface area contributed by atoms with Crippen molar-refractivity contribution in [3.8, 4) is 17.2 Å². The standard InChI is InChI=1S/C17H14ClN3O3/c1-11-4-2-3-5-14(11)23-10-15(22)19-17-20-16(24-21-17)12-6-8-13(18)9-7-12/h2-9H,10H2,1H3,(H,19,21,22). The first kappa shape index (κ1) is 16.0. The summed E-state index contributed by atoms with van der Waals surface area (Å²) >= 11 is 5.83. The Morgan fingerprint density at radius 3 is 2.71 bits per heavy atom. The van der Waals surface area contributed by atoms with Gasteiger partial charge in [0.2, 0.25) is 0 Å². The van der Waals surface area contributed by atoms with Gasteiger partial charge in [-0.05, 0) is 48.0 Å². The summed E-state index contributed by atoms with van der Waals surface area (Å²) in [5, 5.41) is 6.86. The summed E-state index contributed by atoms with van der Waals surface area (Å²) in [7, 11) is 0. The highest BCUT2D eigenvalue weighted by Gasteiger charge is 2.12. The van der Waals surface area contributed by atoms with E-state index < -0.39 is 0 Å². The maximum absolute atomic E-state index is 11.9. The number of nitrogens with zero attached hydrogens (tertiary/aromatic N) is 2. The lowest BCUT2D eigenvalue weighted by molar-refractivity contribution is -0.118. The van der Waals surface area contributed by atoms with E-state index in [0.717, 1.165) is 5.56 Å². The number of ether oxygens (including phenoxy) is 1. The maximum atomic E-state index is 11.9. The van der Waals surface area contributed by atoms with Crippen LogP contribution in [-0.4, -0.2) is 22.7 Å². The zero-order valence-electron chi connectivity index (χ0n) is 12.8. The van der Waals surface area contributed by atoms with Crippen LogP contribution in [0.4, 0.5) is 5.95 Å². The number of hydrogen-bond acceptors (Lipinski definition) is 5. The highest BCUT2D eigenvalue weighted by atomic mass is 35.5. The molecule has 2 aromatic carbocycles. The Labute approximate surface area is 143 Å². The van der Waals surface area contributed by atoms with Gasteiger partial charge in [-0.15, -0.1) is 0 Å². The highest BCUT2D eigenvalue weighted by Crippen LogP contribution is 2.21. The molecule has 0 radical (unpaired) electrons. The van der Waals surface area contributed by atoms with Crippen molar-refractivity contribution in [3.05, 3.63) is 59.1 Å². The fraction of sp³-hybridized carbons (Fsp3) is 0.118. The van der Waals surface area contributed by atoms with Gasteiger partial charge >= 0.3 is 0 Å². The van der Waals surface area contributed by atoms with Crippen molar-refractivity contribution in [2.75, 3.05) is 11.9 Å². The number of halogens is 1. The second kappa shape index (κ2) is 7.14. The maximum Gasteiger partial charge on any atom is 0.270 e. The summed E-state index contributed by atoms with van der Waals surface area (Å²) in [6.07, 6.45) is 0. The van der Waals surface area contributed by atoms with Crippen molar-refractivity contribution in [2.24, 2.45) is 0 Å². The largest absolute Gasteiger partial charge is 0.483 e. The van der Waals surface area contributed by atoms with Crippen LogP contribution in [0, 0.1) is 6.92 Å². The Kier molecular flexibility index (Phi) is 4.77. The van der Waals surface area contributed by atoms with Gasteiger partial charge < -0.3 is 9.26 Å². The molecule has 0 aliphatic rings. The van der Waals surface area contributed by atoms with Crippen molar-refractivity contribution >= 4 is 23.5 Å². The molecule has 0 aliphatic carbocycles. The van der Waals surface area contributed by atoms with E-state index in [1.165, 1.54) is 0 Å². The number of hydrogen-bond donors (Lipinski definition) is 1. The van der Waals surface area contributed by atoms with Crippen molar-refractivity contribution < 1.29 is 14.1 Å². The summed E-state index contributed by atoms with van der Waals surface area (Å²) in [6.45, 7) is 1.76. The molecule has 0 aliphatic heterocycles. The molecule has 1 N–H and O–H groups in total. The Morgan fingerprint density at radius 2 is 1.96 bits per heavy atom. The van der Waals surface area contributed by atoms with E-state index in [2.05, 4.69) is 15.5 Å². The molecule has 0 fully saturated rings. The molecular formula is C17H14ClN3O3. The molecule has 0 bridgehead atoms. The molecule has 0 unspecified atom stereocenters. The van der Waals surface area contributed by atoms with Crippen LogP contribution in [-0.2, 0) is 4.79 Å². The number of aromatic nitrogens is 2. The van der Waals surface area contributed by atoms with Gasteiger partial charge in [-0.1, -0.05) is 29.8 Å². The van der Waals surface area contributed by atoms with Gasteiger partial charge in [0.1, 0.15) is 5.75 Å².